The van der Waals surface area contributed by atoms with E-state index in [1.165, 1.54) is 7.11 Å². The van der Waals surface area contributed by atoms with E-state index in [0.29, 0.717) is 42.6 Å². The number of hydrogen-bond acceptors (Lipinski definition) is 6. The molecular weight excluding hydrogens is 472 g/mol. The first-order valence-electron chi connectivity index (χ1n) is 11.7. The van der Waals surface area contributed by atoms with E-state index in [-0.39, 0.29) is 18.4 Å². The maximum atomic E-state index is 15.4. The predicted molar refractivity (Wildman–Crippen MR) is 132 cm³/mol. The number of carbonyl (C=O) groups is 1. The van der Waals surface area contributed by atoms with Gasteiger partial charge >= 0.3 is 5.97 Å². The number of fused-ring (bicyclic) bond motifs is 1. The summed E-state index contributed by atoms with van der Waals surface area (Å²) in [4.78, 5) is 22.8. The molecule has 0 bridgehead atoms. The Hall–Kier alpha value is -2.78. The molecule has 9 heteroatoms. The van der Waals surface area contributed by atoms with E-state index in [0.717, 1.165) is 23.5 Å². The Morgan fingerprint density at radius 3 is 2.74 bits per heavy atom. The molecule has 1 fully saturated rings. The van der Waals surface area contributed by atoms with Crippen molar-refractivity contribution >= 4 is 28.6 Å². The van der Waals surface area contributed by atoms with Gasteiger partial charge in [0.1, 0.15) is 17.7 Å². The lowest BCUT2D eigenvalue weighted by atomic mass is 9.74. The molecule has 1 aliphatic rings. The molecule has 0 radical (unpaired) electrons. The number of aromatic nitrogens is 2. The Kier molecular flexibility index (Phi) is 8.18. The Bertz CT molecular complexity index is 1160. The summed E-state index contributed by atoms with van der Waals surface area (Å²) in [5, 5.41) is 11.3. The lowest BCUT2D eigenvalue weighted by molar-refractivity contribution is -0.153. The molecule has 1 N–H and O–H groups in total. The fourth-order valence-corrected chi connectivity index (χ4v) is 5.52. The Morgan fingerprint density at radius 1 is 1.26 bits per heavy atom. The highest BCUT2D eigenvalue weighted by atomic mass is 32.2. The largest absolute Gasteiger partial charge is 0.497 e. The number of halogens is 2. The summed E-state index contributed by atoms with van der Waals surface area (Å²) in [6.45, 7) is 2.10. The summed E-state index contributed by atoms with van der Waals surface area (Å²) in [5.74, 6) is -0.299. The smallest absolute Gasteiger partial charge is 0.309 e. The number of ether oxygens (including phenoxy) is 1. The van der Waals surface area contributed by atoms with Crippen LogP contribution < -0.4 is 4.74 Å². The number of hydrogen-bond donors (Lipinski definition) is 1. The summed E-state index contributed by atoms with van der Waals surface area (Å²) >= 11 is 1.67. The number of carboxylic acid groups (broad SMARTS) is 1. The van der Waals surface area contributed by atoms with Crippen molar-refractivity contribution in [1.29, 1.82) is 0 Å². The topological polar surface area (TPSA) is 75.6 Å². The monoisotopic (exact) mass is 501 g/mol. The highest BCUT2D eigenvalue weighted by Crippen LogP contribution is 2.41. The second-order valence-corrected chi connectivity index (χ2v) is 9.97. The standard InChI is InChI=1S/C26H29F2N3O3S/c1-34-18-5-6-22-19(16-18)24(21(28)17-30-22)20(27)7-8-26(25(32)33)9-12-31(13-10-26)14-15-35-23-4-2-3-11-29-23/h2-6,11,16-17,20H,7-10,12-15H2,1H3,(H,32,33)/t20-/m1/s1. The molecule has 0 unspecified atom stereocenters. The molecule has 186 valence electrons. The first-order chi connectivity index (χ1) is 16.9. The average Bonchev–Trinajstić information content (AvgIpc) is 2.88. The van der Waals surface area contributed by atoms with Crippen LogP contribution in [0.25, 0.3) is 10.9 Å². The van der Waals surface area contributed by atoms with Crippen molar-refractivity contribution < 1.29 is 23.4 Å². The third-order valence-electron chi connectivity index (χ3n) is 6.82. The Morgan fingerprint density at radius 2 is 2.06 bits per heavy atom. The predicted octanol–water partition coefficient (Wildman–Crippen LogP) is 5.53. The van der Waals surface area contributed by atoms with E-state index >= 15 is 4.39 Å². The number of benzene rings is 1. The van der Waals surface area contributed by atoms with Gasteiger partial charge in [0.15, 0.2) is 0 Å². The van der Waals surface area contributed by atoms with E-state index in [1.54, 1.807) is 36.2 Å². The minimum Gasteiger partial charge on any atom is -0.497 e. The van der Waals surface area contributed by atoms with Crippen molar-refractivity contribution in [3.63, 3.8) is 0 Å². The molecule has 3 aromatic rings. The summed E-state index contributed by atoms with van der Waals surface area (Å²) < 4.78 is 35.3. The van der Waals surface area contributed by atoms with Gasteiger partial charge in [-0.25, -0.2) is 13.8 Å². The maximum Gasteiger partial charge on any atom is 0.309 e. The molecule has 2 aromatic heterocycles. The molecule has 0 amide bonds. The molecule has 4 rings (SSSR count). The van der Waals surface area contributed by atoms with E-state index in [4.69, 9.17) is 4.74 Å². The summed E-state index contributed by atoms with van der Waals surface area (Å²) in [6.07, 6.45) is 2.09. The zero-order valence-corrected chi connectivity index (χ0v) is 20.4. The van der Waals surface area contributed by atoms with Crippen LogP contribution >= 0.6 is 11.8 Å². The van der Waals surface area contributed by atoms with Gasteiger partial charge in [-0.2, -0.15) is 0 Å². The second-order valence-electron chi connectivity index (χ2n) is 8.85. The van der Waals surface area contributed by atoms with Crippen LogP contribution in [0.4, 0.5) is 8.78 Å². The van der Waals surface area contributed by atoms with Crippen LogP contribution in [0.3, 0.4) is 0 Å². The third-order valence-corrected chi connectivity index (χ3v) is 7.74. The number of piperidine rings is 1. The molecule has 1 atom stereocenters. The van der Waals surface area contributed by atoms with Crippen molar-refractivity contribution in [3.8, 4) is 5.75 Å². The Labute approximate surface area is 207 Å². The van der Waals surface area contributed by atoms with Crippen LogP contribution in [-0.2, 0) is 4.79 Å². The second kappa shape index (κ2) is 11.3. The van der Waals surface area contributed by atoms with Gasteiger partial charge in [-0.15, -0.1) is 11.8 Å². The van der Waals surface area contributed by atoms with Crippen molar-refractivity contribution in [3.05, 3.63) is 60.2 Å². The zero-order chi connectivity index (χ0) is 24.8. The van der Waals surface area contributed by atoms with Crippen molar-refractivity contribution in [2.75, 3.05) is 32.5 Å². The molecule has 1 aliphatic heterocycles. The van der Waals surface area contributed by atoms with Crippen LogP contribution in [0, 0.1) is 11.2 Å². The molecule has 0 saturated carbocycles. The van der Waals surface area contributed by atoms with Gasteiger partial charge in [0, 0.05) is 29.4 Å². The number of carboxylic acids is 1. The minimum atomic E-state index is -1.64. The van der Waals surface area contributed by atoms with E-state index in [2.05, 4.69) is 14.9 Å². The quantitative estimate of drug-likeness (QED) is 0.366. The average molecular weight is 502 g/mol. The van der Waals surface area contributed by atoms with Crippen LogP contribution in [0.15, 0.2) is 53.8 Å². The third kappa shape index (κ3) is 5.90. The van der Waals surface area contributed by atoms with Crippen molar-refractivity contribution in [1.82, 2.24) is 14.9 Å². The molecule has 3 heterocycles. The number of nitrogens with zero attached hydrogens (tertiary/aromatic N) is 3. The number of aliphatic carboxylic acids is 1. The normalized spacial score (nSPS) is 16.8. The van der Waals surface area contributed by atoms with E-state index < -0.39 is 23.4 Å². The van der Waals surface area contributed by atoms with Gasteiger partial charge in [-0.05, 0) is 69.1 Å². The maximum absolute atomic E-state index is 15.4. The molecular formula is C26H29F2N3O3S. The molecule has 0 aliphatic carbocycles. The first kappa shape index (κ1) is 25.3. The fraction of sp³-hybridized carbons (Fsp3) is 0.423. The minimum absolute atomic E-state index is 0.0743. The van der Waals surface area contributed by atoms with Gasteiger partial charge in [0.2, 0.25) is 0 Å². The number of likely N-dealkylation sites (tertiary alicyclic amines) is 1. The number of methoxy groups -OCH3 is 1. The molecule has 35 heavy (non-hydrogen) atoms. The number of thioether (sulfide) groups is 1. The van der Waals surface area contributed by atoms with Crippen LogP contribution in [0.2, 0.25) is 0 Å². The van der Waals surface area contributed by atoms with Gasteiger partial charge in [-0.3, -0.25) is 9.78 Å². The molecule has 6 nitrogen and oxygen atoms in total. The van der Waals surface area contributed by atoms with Crippen LogP contribution in [-0.4, -0.2) is 58.4 Å². The van der Waals surface area contributed by atoms with Crippen LogP contribution in [0.1, 0.15) is 37.4 Å². The summed E-state index contributed by atoms with van der Waals surface area (Å²) in [7, 11) is 1.49. The highest BCUT2D eigenvalue weighted by Gasteiger charge is 2.41. The Balaban J connectivity index is 1.38. The molecule has 1 saturated heterocycles. The SMILES string of the molecule is COc1ccc2ncc(F)c([C@H](F)CCC3(C(=O)O)CCN(CCSc4ccccn4)CC3)c2c1. The lowest BCUT2D eigenvalue weighted by Gasteiger charge is -2.39. The number of alkyl halides is 1. The van der Waals surface area contributed by atoms with Gasteiger partial charge < -0.3 is 14.7 Å². The number of rotatable bonds is 10. The lowest BCUT2D eigenvalue weighted by Crippen LogP contribution is -2.45. The molecule has 0 spiro atoms. The van der Waals surface area contributed by atoms with E-state index in [1.807, 2.05) is 18.2 Å². The highest BCUT2D eigenvalue weighted by molar-refractivity contribution is 7.99. The van der Waals surface area contributed by atoms with Crippen molar-refractivity contribution in [2.24, 2.45) is 5.41 Å². The number of pyridine rings is 2. The van der Waals surface area contributed by atoms with Crippen molar-refractivity contribution in [2.45, 2.75) is 36.9 Å². The summed E-state index contributed by atoms with van der Waals surface area (Å²) in [6, 6.07) is 10.7. The first-order valence-corrected chi connectivity index (χ1v) is 12.7. The molecule has 1 aromatic carbocycles. The van der Waals surface area contributed by atoms with E-state index in [9.17, 15) is 14.3 Å². The summed E-state index contributed by atoms with van der Waals surface area (Å²) in [5.41, 5.74) is -0.625. The van der Waals surface area contributed by atoms with Crippen LogP contribution in [0.5, 0.6) is 5.75 Å². The fourth-order valence-electron chi connectivity index (χ4n) is 4.65. The van der Waals surface area contributed by atoms with Gasteiger partial charge in [-0.1, -0.05) is 6.07 Å². The van der Waals surface area contributed by atoms with Gasteiger partial charge in [0.05, 0.1) is 29.3 Å². The van der Waals surface area contributed by atoms with Gasteiger partial charge in [0.25, 0.3) is 0 Å². The zero-order valence-electron chi connectivity index (χ0n) is 19.6.